The third-order valence-corrected chi connectivity index (χ3v) is 4.79. The molecule has 6 heteroatoms. The van der Waals surface area contributed by atoms with Crippen LogP contribution in [0.4, 0.5) is 0 Å². The van der Waals surface area contributed by atoms with E-state index in [0.29, 0.717) is 24.0 Å². The molecule has 0 spiro atoms. The number of nitrogens with zero attached hydrogens (tertiary/aromatic N) is 2. The van der Waals surface area contributed by atoms with Crippen LogP contribution in [0.1, 0.15) is 30.3 Å². The normalized spacial score (nSPS) is 19.0. The molecular formula is C15H19N3O2S. The molecule has 0 aromatic carbocycles. The van der Waals surface area contributed by atoms with E-state index in [4.69, 9.17) is 4.52 Å². The van der Waals surface area contributed by atoms with E-state index in [2.05, 4.69) is 22.3 Å². The molecule has 2 aromatic rings. The van der Waals surface area contributed by atoms with Gasteiger partial charge in [-0.2, -0.15) is 0 Å². The molecule has 0 bridgehead atoms. The summed E-state index contributed by atoms with van der Waals surface area (Å²) in [5, 5.41) is 8.80. The summed E-state index contributed by atoms with van der Waals surface area (Å²) in [6.07, 6.45) is 2.36. The lowest BCUT2D eigenvalue weighted by Gasteiger charge is -2.22. The monoisotopic (exact) mass is 305 g/mol. The highest BCUT2D eigenvalue weighted by Gasteiger charge is 2.24. The van der Waals surface area contributed by atoms with Crippen LogP contribution >= 0.6 is 11.3 Å². The van der Waals surface area contributed by atoms with Crippen LogP contribution in [0.15, 0.2) is 28.1 Å². The lowest BCUT2D eigenvalue weighted by atomic mass is 10.2. The van der Waals surface area contributed by atoms with Gasteiger partial charge in [-0.25, -0.2) is 0 Å². The molecule has 1 N–H and O–H groups in total. The van der Waals surface area contributed by atoms with Gasteiger partial charge in [-0.3, -0.25) is 9.69 Å². The lowest BCUT2D eigenvalue weighted by molar-refractivity contribution is 0.0932. The van der Waals surface area contributed by atoms with Gasteiger partial charge in [-0.1, -0.05) is 18.1 Å². The van der Waals surface area contributed by atoms with Crippen molar-refractivity contribution in [1.29, 1.82) is 0 Å². The minimum absolute atomic E-state index is 0.162. The summed E-state index contributed by atoms with van der Waals surface area (Å²) < 4.78 is 5.23. The third-order valence-electron chi connectivity index (χ3n) is 3.91. The fraction of sp³-hybridized carbons (Fsp3) is 0.467. The van der Waals surface area contributed by atoms with Gasteiger partial charge in [0, 0.05) is 18.7 Å². The van der Waals surface area contributed by atoms with E-state index in [9.17, 15) is 4.79 Å². The van der Waals surface area contributed by atoms with Crippen molar-refractivity contribution in [2.24, 2.45) is 0 Å². The van der Waals surface area contributed by atoms with Crippen molar-refractivity contribution < 1.29 is 9.32 Å². The molecule has 1 amide bonds. The van der Waals surface area contributed by atoms with Gasteiger partial charge in [-0.05, 0) is 37.4 Å². The molecule has 0 saturated carbocycles. The lowest BCUT2D eigenvalue weighted by Crippen LogP contribution is -2.40. The van der Waals surface area contributed by atoms with Gasteiger partial charge >= 0.3 is 0 Å². The zero-order valence-electron chi connectivity index (χ0n) is 12.0. The number of hydrogen-bond donors (Lipinski definition) is 1. The third kappa shape index (κ3) is 3.16. The number of rotatable bonds is 5. The smallest absolute Gasteiger partial charge is 0.273 e. The van der Waals surface area contributed by atoms with E-state index >= 15 is 0 Å². The van der Waals surface area contributed by atoms with Crippen LogP contribution in [0, 0.1) is 0 Å². The second-order valence-corrected chi connectivity index (χ2v) is 6.14. The van der Waals surface area contributed by atoms with Crippen molar-refractivity contribution in [3.63, 3.8) is 0 Å². The number of amides is 1. The van der Waals surface area contributed by atoms with Gasteiger partial charge in [0.1, 0.15) is 0 Å². The molecule has 5 nitrogen and oxygen atoms in total. The quantitative estimate of drug-likeness (QED) is 0.922. The van der Waals surface area contributed by atoms with Gasteiger partial charge in [-0.15, -0.1) is 11.3 Å². The van der Waals surface area contributed by atoms with Crippen molar-refractivity contribution in [2.75, 3.05) is 19.6 Å². The Hall–Kier alpha value is -1.66. The highest BCUT2D eigenvalue weighted by molar-refractivity contribution is 7.13. The maximum Gasteiger partial charge on any atom is 0.273 e. The van der Waals surface area contributed by atoms with Crippen LogP contribution in [0.3, 0.4) is 0 Å². The number of carbonyl (C=O) groups excluding carboxylic acids is 1. The number of aromatic nitrogens is 1. The summed E-state index contributed by atoms with van der Waals surface area (Å²) >= 11 is 1.57. The number of likely N-dealkylation sites (N-methyl/N-ethyl adjacent to an activating group) is 1. The number of nitrogens with one attached hydrogen (secondary N) is 1. The molecule has 3 heterocycles. The summed E-state index contributed by atoms with van der Waals surface area (Å²) in [5.74, 6) is 0.482. The summed E-state index contributed by atoms with van der Waals surface area (Å²) in [5.41, 5.74) is 0.347. The maximum atomic E-state index is 12.1. The average molecular weight is 305 g/mol. The van der Waals surface area contributed by atoms with Crippen molar-refractivity contribution in [3.8, 4) is 10.6 Å². The van der Waals surface area contributed by atoms with Crippen molar-refractivity contribution in [3.05, 3.63) is 29.3 Å². The molecule has 1 fully saturated rings. The van der Waals surface area contributed by atoms with Crippen LogP contribution in [0.2, 0.25) is 0 Å². The number of thiophene rings is 1. The van der Waals surface area contributed by atoms with E-state index in [1.807, 2.05) is 17.5 Å². The summed E-state index contributed by atoms with van der Waals surface area (Å²) in [6.45, 7) is 5.00. The Morgan fingerprint density at radius 3 is 3.29 bits per heavy atom. The number of carbonyl (C=O) groups is 1. The highest BCUT2D eigenvalue weighted by atomic mass is 32.1. The summed E-state index contributed by atoms with van der Waals surface area (Å²) in [4.78, 5) is 15.5. The van der Waals surface area contributed by atoms with Crippen molar-refractivity contribution >= 4 is 17.2 Å². The van der Waals surface area contributed by atoms with Crippen molar-refractivity contribution in [2.45, 2.75) is 25.8 Å². The first kappa shape index (κ1) is 14.3. The minimum Gasteiger partial charge on any atom is -0.355 e. The summed E-state index contributed by atoms with van der Waals surface area (Å²) in [7, 11) is 0. The molecule has 1 aliphatic rings. The van der Waals surface area contributed by atoms with Crippen LogP contribution in [-0.2, 0) is 0 Å². The van der Waals surface area contributed by atoms with Gasteiger partial charge in [0.05, 0.1) is 4.88 Å². The second kappa shape index (κ2) is 6.41. The Morgan fingerprint density at radius 1 is 1.62 bits per heavy atom. The Balaban J connectivity index is 1.58. The molecule has 0 radical (unpaired) electrons. The fourth-order valence-electron chi connectivity index (χ4n) is 2.76. The van der Waals surface area contributed by atoms with Crippen LogP contribution in [-0.4, -0.2) is 41.6 Å². The fourth-order valence-corrected chi connectivity index (χ4v) is 3.43. The molecule has 1 saturated heterocycles. The van der Waals surface area contributed by atoms with Gasteiger partial charge < -0.3 is 9.84 Å². The molecule has 112 valence electrons. The zero-order chi connectivity index (χ0) is 14.7. The highest BCUT2D eigenvalue weighted by Crippen LogP contribution is 2.25. The molecule has 1 aliphatic heterocycles. The topological polar surface area (TPSA) is 58.4 Å². The first-order valence-electron chi connectivity index (χ1n) is 7.30. The molecule has 1 atom stereocenters. The van der Waals surface area contributed by atoms with Gasteiger partial charge in [0.15, 0.2) is 11.5 Å². The molecule has 3 rings (SSSR count). The van der Waals surface area contributed by atoms with Crippen LogP contribution in [0.5, 0.6) is 0 Å². The zero-order valence-corrected chi connectivity index (χ0v) is 12.9. The Labute approximate surface area is 127 Å². The van der Waals surface area contributed by atoms with Crippen molar-refractivity contribution in [1.82, 2.24) is 15.4 Å². The standard InChI is InChI=1S/C15H19N3O2S/c1-2-18-7-3-5-11(18)10-16-15(19)12-9-13(20-17-12)14-6-4-8-21-14/h4,6,8-9,11H,2-3,5,7,10H2,1H3,(H,16,19)/t11-/m0/s1. The Kier molecular flexibility index (Phi) is 4.36. The van der Waals surface area contributed by atoms with E-state index in [1.165, 1.54) is 6.42 Å². The van der Waals surface area contributed by atoms with Gasteiger partial charge in [0.25, 0.3) is 5.91 Å². The molecular weight excluding hydrogens is 286 g/mol. The van der Waals surface area contributed by atoms with E-state index < -0.39 is 0 Å². The van der Waals surface area contributed by atoms with Crippen LogP contribution in [0.25, 0.3) is 10.6 Å². The maximum absolute atomic E-state index is 12.1. The Morgan fingerprint density at radius 2 is 2.52 bits per heavy atom. The summed E-state index contributed by atoms with van der Waals surface area (Å²) in [6, 6.07) is 6.04. The average Bonchev–Trinajstić information content (AvgIpc) is 3.24. The largest absolute Gasteiger partial charge is 0.355 e. The first-order chi connectivity index (χ1) is 10.3. The molecule has 0 unspecified atom stereocenters. The molecule has 2 aromatic heterocycles. The number of hydrogen-bond acceptors (Lipinski definition) is 5. The molecule has 21 heavy (non-hydrogen) atoms. The van der Waals surface area contributed by atoms with Gasteiger partial charge in [0.2, 0.25) is 0 Å². The molecule has 0 aliphatic carbocycles. The van der Waals surface area contributed by atoms with E-state index in [1.54, 1.807) is 17.4 Å². The minimum atomic E-state index is -0.162. The van der Waals surface area contributed by atoms with E-state index in [0.717, 1.165) is 24.4 Å². The predicted octanol–water partition coefficient (Wildman–Crippen LogP) is 2.62. The van der Waals surface area contributed by atoms with Crippen LogP contribution < -0.4 is 5.32 Å². The van der Waals surface area contributed by atoms with E-state index in [-0.39, 0.29) is 5.91 Å². The predicted molar refractivity (Wildman–Crippen MR) is 82.4 cm³/mol. The first-order valence-corrected chi connectivity index (χ1v) is 8.18. The second-order valence-electron chi connectivity index (χ2n) is 5.19. The number of likely N-dealkylation sites (tertiary alicyclic amines) is 1. The SMILES string of the molecule is CCN1CCC[C@H]1CNC(=O)c1cc(-c2cccs2)on1. The Bertz CT molecular complexity index is 594.